The van der Waals surface area contributed by atoms with Gasteiger partial charge in [-0.05, 0) is 29.8 Å². The summed E-state index contributed by atoms with van der Waals surface area (Å²) >= 11 is 5.97. The van der Waals surface area contributed by atoms with Gasteiger partial charge in [0.05, 0.1) is 11.3 Å². The van der Waals surface area contributed by atoms with Crippen molar-refractivity contribution >= 4 is 29.3 Å². The third-order valence-corrected chi connectivity index (χ3v) is 3.77. The standard InChI is InChI=1S/C18H14ClFN4O/c19-12-5-3-4-11(8-12)9-16-23-17(13(10-21)18(25)24-16)22-15-7-2-1-6-14(15)20/h1-8,10,21H,9H2,(H2,22,23,24,25). The Morgan fingerprint density at radius 3 is 2.76 bits per heavy atom. The average molecular weight is 357 g/mol. The number of halogens is 2. The van der Waals surface area contributed by atoms with Gasteiger partial charge in [0, 0.05) is 17.7 Å². The van der Waals surface area contributed by atoms with Gasteiger partial charge in [-0.2, -0.15) is 0 Å². The Balaban J connectivity index is 1.99. The predicted molar refractivity (Wildman–Crippen MR) is 96.7 cm³/mol. The van der Waals surface area contributed by atoms with E-state index in [0.717, 1.165) is 11.8 Å². The van der Waals surface area contributed by atoms with Crippen molar-refractivity contribution in [2.45, 2.75) is 6.42 Å². The Hall–Kier alpha value is -2.99. The number of hydrogen-bond acceptors (Lipinski definition) is 4. The normalized spacial score (nSPS) is 10.5. The zero-order chi connectivity index (χ0) is 17.8. The van der Waals surface area contributed by atoms with Crippen LogP contribution in [-0.4, -0.2) is 16.2 Å². The summed E-state index contributed by atoms with van der Waals surface area (Å²) in [6.45, 7) is 0. The van der Waals surface area contributed by atoms with Crippen LogP contribution < -0.4 is 10.9 Å². The summed E-state index contributed by atoms with van der Waals surface area (Å²) in [5, 5.41) is 10.8. The SMILES string of the molecule is N=Cc1c(Nc2ccccc2F)nc(Cc2cccc(Cl)c2)[nH]c1=O. The summed E-state index contributed by atoms with van der Waals surface area (Å²) in [6.07, 6.45) is 1.23. The molecule has 0 bridgehead atoms. The quantitative estimate of drug-likeness (QED) is 0.606. The van der Waals surface area contributed by atoms with Crippen LogP contribution in [0.1, 0.15) is 17.0 Å². The largest absolute Gasteiger partial charge is 0.337 e. The fourth-order valence-corrected chi connectivity index (χ4v) is 2.59. The zero-order valence-corrected chi connectivity index (χ0v) is 13.8. The second kappa shape index (κ2) is 7.27. The van der Waals surface area contributed by atoms with Gasteiger partial charge in [-0.15, -0.1) is 0 Å². The molecule has 0 unspecified atom stereocenters. The van der Waals surface area contributed by atoms with E-state index in [2.05, 4.69) is 15.3 Å². The molecule has 7 heteroatoms. The first-order valence-electron chi connectivity index (χ1n) is 7.46. The fourth-order valence-electron chi connectivity index (χ4n) is 2.37. The van der Waals surface area contributed by atoms with Crippen LogP contribution in [-0.2, 0) is 6.42 Å². The van der Waals surface area contributed by atoms with E-state index in [-0.39, 0.29) is 17.1 Å². The minimum atomic E-state index is -0.475. The van der Waals surface area contributed by atoms with Gasteiger partial charge in [-0.3, -0.25) is 4.79 Å². The van der Waals surface area contributed by atoms with Crippen molar-refractivity contribution in [1.82, 2.24) is 9.97 Å². The molecule has 0 radical (unpaired) electrons. The molecule has 0 aliphatic carbocycles. The number of hydrogen-bond donors (Lipinski definition) is 3. The van der Waals surface area contributed by atoms with Crippen molar-refractivity contribution < 1.29 is 4.39 Å². The predicted octanol–water partition coefficient (Wildman–Crippen LogP) is 3.89. The summed E-state index contributed by atoms with van der Waals surface area (Å²) in [5.74, 6) is 0.0366. The lowest BCUT2D eigenvalue weighted by Crippen LogP contribution is -2.19. The molecule has 126 valence electrons. The number of rotatable bonds is 5. The minimum absolute atomic E-state index is 0.0260. The second-order valence-corrected chi connectivity index (χ2v) is 5.77. The molecule has 0 aliphatic rings. The van der Waals surface area contributed by atoms with Crippen molar-refractivity contribution in [3.8, 4) is 0 Å². The first-order valence-corrected chi connectivity index (χ1v) is 7.84. The average Bonchev–Trinajstić information content (AvgIpc) is 2.57. The molecule has 0 spiro atoms. The van der Waals surface area contributed by atoms with E-state index in [1.165, 1.54) is 12.1 Å². The number of aromatic nitrogens is 2. The van der Waals surface area contributed by atoms with Crippen molar-refractivity contribution in [3.63, 3.8) is 0 Å². The van der Waals surface area contributed by atoms with Gasteiger partial charge >= 0.3 is 0 Å². The van der Waals surface area contributed by atoms with E-state index in [1.807, 2.05) is 6.07 Å². The van der Waals surface area contributed by atoms with Crippen LogP contribution in [0.5, 0.6) is 0 Å². The van der Waals surface area contributed by atoms with Gasteiger partial charge in [0.25, 0.3) is 5.56 Å². The number of anilines is 2. The molecule has 5 nitrogen and oxygen atoms in total. The Morgan fingerprint density at radius 1 is 1.24 bits per heavy atom. The summed E-state index contributed by atoms with van der Waals surface area (Å²) in [5.41, 5.74) is 0.603. The van der Waals surface area contributed by atoms with E-state index in [0.29, 0.717) is 17.3 Å². The van der Waals surface area contributed by atoms with Crippen LogP contribution in [0.15, 0.2) is 53.3 Å². The lowest BCUT2D eigenvalue weighted by Gasteiger charge is -2.11. The van der Waals surface area contributed by atoms with Gasteiger partial charge < -0.3 is 15.7 Å². The fraction of sp³-hybridized carbons (Fsp3) is 0.0556. The summed E-state index contributed by atoms with van der Waals surface area (Å²) in [7, 11) is 0. The third kappa shape index (κ3) is 3.92. The van der Waals surface area contributed by atoms with E-state index >= 15 is 0 Å². The Bertz CT molecular complexity index is 987. The number of para-hydroxylation sites is 1. The van der Waals surface area contributed by atoms with E-state index in [1.54, 1.807) is 30.3 Å². The first kappa shape index (κ1) is 16.9. The molecule has 0 atom stereocenters. The second-order valence-electron chi connectivity index (χ2n) is 5.33. The van der Waals surface area contributed by atoms with Crippen LogP contribution in [0.3, 0.4) is 0 Å². The van der Waals surface area contributed by atoms with Crippen molar-refractivity contribution in [2.24, 2.45) is 0 Å². The molecule has 2 aromatic carbocycles. The Morgan fingerprint density at radius 2 is 2.04 bits per heavy atom. The van der Waals surface area contributed by atoms with Gasteiger partial charge in [0.2, 0.25) is 0 Å². The molecular formula is C18H14ClFN4O. The topological polar surface area (TPSA) is 81.6 Å². The lowest BCUT2D eigenvalue weighted by molar-refractivity contribution is 0.631. The maximum absolute atomic E-state index is 13.9. The summed E-state index contributed by atoms with van der Waals surface area (Å²) in [4.78, 5) is 19.2. The molecule has 3 rings (SSSR count). The van der Waals surface area contributed by atoms with Crippen LogP contribution in [0.25, 0.3) is 0 Å². The molecule has 0 amide bonds. The highest BCUT2D eigenvalue weighted by Crippen LogP contribution is 2.20. The molecule has 0 saturated carbocycles. The number of aromatic amines is 1. The molecule has 3 N–H and O–H groups in total. The smallest absolute Gasteiger partial charge is 0.261 e. The number of nitrogens with zero attached hydrogens (tertiary/aromatic N) is 1. The Kier molecular flexibility index (Phi) is 4.90. The molecule has 25 heavy (non-hydrogen) atoms. The highest BCUT2D eigenvalue weighted by atomic mass is 35.5. The molecule has 0 fully saturated rings. The van der Waals surface area contributed by atoms with Crippen molar-refractivity contribution in [1.29, 1.82) is 5.41 Å². The molecule has 1 aromatic heterocycles. The maximum Gasteiger partial charge on any atom is 0.261 e. The van der Waals surface area contributed by atoms with E-state index in [4.69, 9.17) is 17.0 Å². The Labute approximate surface area is 148 Å². The van der Waals surface area contributed by atoms with E-state index in [9.17, 15) is 9.18 Å². The number of H-pyrrole nitrogens is 1. The zero-order valence-electron chi connectivity index (χ0n) is 13.0. The lowest BCUT2D eigenvalue weighted by atomic mass is 10.1. The molecule has 1 heterocycles. The van der Waals surface area contributed by atoms with Gasteiger partial charge in [-0.1, -0.05) is 35.9 Å². The van der Waals surface area contributed by atoms with Gasteiger partial charge in [0.1, 0.15) is 17.5 Å². The minimum Gasteiger partial charge on any atom is -0.337 e. The van der Waals surface area contributed by atoms with E-state index < -0.39 is 11.4 Å². The van der Waals surface area contributed by atoms with Crippen LogP contribution in [0.4, 0.5) is 15.9 Å². The van der Waals surface area contributed by atoms with Crippen LogP contribution in [0, 0.1) is 11.2 Å². The summed E-state index contributed by atoms with van der Waals surface area (Å²) < 4.78 is 13.9. The van der Waals surface area contributed by atoms with Crippen molar-refractivity contribution in [2.75, 3.05) is 5.32 Å². The maximum atomic E-state index is 13.9. The summed E-state index contributed by atoms with van der Waals surface area (Å²) in [6, 6.07) is 13.2. The van der Waals surface area contributed by atoms with Crippen molar-refractivity contribution in [3.05, 3.63) is 86.7 Å². The third-order valence-electron chi connectivity index (χ3n) is 3.54. The highest BCUT2D eigenvalue weighted by Gasteiger charge is 2.12. The van der Waals surface area contributed by atoms with Gasteiger partial charge in [0.15, 0.2) is 0 Å². The molecule has 3 aromatic rings. The molecular weight excluding hydrogens is 343 g/mol. The highest BCUT2D eigenvalue weighted by molar-refractivity contribution is 6.30. The molecule has 0 saturated heterocycles. The number of benzene rings is 2. The molecule has 0 aliphatic heterocycles. The number of nitrogens with one attached hydrogen (secondary N) is 3. The monoisotopic (exact) mass is 356 g/mol. The van der Waals surface area contributed by atoms with Gasteiger partial charge in [-0.25, -0.2) is 9.37 Å². The van der Waals surface area contributed by atoms with Crippen LogP contribution >= 0.6 is 11.6 Å². The van der Waals surface area contributed by atoms with Crippen LogP contribution in [0.2, 0.25) is 5.02 Å². The first-order chi connectivity index (χ1) is 12.1.